The minimum atomic E-state index is -4.48. The molecule has 0 saturated carbocycles. The maximum atomic E-state index is 12.8. The van der Waals surface area contributed by atoms with E-state index in [9.17, 15) is 22.8 Å². The van der Waals surface area contributed by atoms with Gasteiger partial charge < -0.3 is 10.2 Å². The second-order valence-electron chi connectivity index (χ2n) is 6.03. The summed E-state index contributed by atoms with van der Waals surface area (Å²) in [6, 6.07) is 11.9. The number of aryl methyl sites for hydroxylation is 1. The van der Waals surface area contributed by atoms with E-state index in [1.165, 1.54) is 24.0 Å². The number of benzene rings is 2. The molecule has 0 aromatic heterocycles. The molecule has 0 aliphatic rings. The molecule has 27 heavy (non-hydrogen) atoms. The van der Waals surface area contributed by atoms with Gasteiger partial charge in [-0.25, -0.2) is 0 Å². The lowest BCUT2D eigenvalue weighted by Gasteiger charge is -2.23. The number of amides is 2. The van der Waals surface area contributed by atoms with Gasteiger partial charge in [0.1, 0.15) is 0 Å². The van der Waals surface area contributed by atoms with Crippen molar-refractivity contribution in [1.29, 1.82) is 0 Å². The van der Waals surface area contributed by atoms with Crippen molar-refractivity contribution in [3.8, 4) is 0 Å². The third-order valence-electron chi connectivity index (χ3n) is 4.08. The van der Waals surface area contributed by atoms with Gasteiger partial charge in [-0.15, -0.1) is 0 Å². The third-order valence-corrected chi connectivity index (χ3v) is 4.08. The Morgan fingerprint density at radius 2 is 1.78 bits per heavy atom. The van der Waals surface area contributed by atoms with E-state index < -0.39 is 17.6 Å². The van der Waals surface area contributed by atoms with Crippen LogP contribution in [0.4, 0.5) is 24.5 Å². The Balaban J connectivity index is 2.06. The van der Waals surface area contributed by atoms with Gasteiger partial charge in [0.25, 0.3) is 0 Å². The molecule has 4 nitrogen and oxygen atoms in total. The van der Waals surface area contributed by atoms with Gasteiger partial charge in [0.15, 0.2) is 0 Å². The average Bonchev–Trinajstić information content (AvgIpc) is 2.61. The Morgan fingerprint density at radius 1 is 1.07 bits per heavy atom. The number of para-hydroxylation sites is 1. The summed E-state index contributed by atoms with van der Waals surface area (Å²) < 4.78 is 38.3. The number of nitrogens with zero attached hydrogens (tertiary/aromatic N) is 1. The highest BCUT2D eigenvalue weighted by molar-refractivity contribution is 5.95. The number of halogens is 3. The molecule has 2 rings (SSSR count). The van der Waals surface area contributed by atoms with Gasteiger partial charge in [-0.3, -0.25) is 9.59 Å². The van der Waals surface area contributed by atoms with Gasteiger partial charge >= 0.3 is 6.18 Å². The number of alkyl halides is 3. The van der Waals surface area contributed by atoms with Crippen molar-refractivity contribution in [3.63, 3.8) is 0 Å². The second kappa shape index (κ2) is 8.70. The van der Waals surface area contributed by atoms with Crippen LogP contribution in [0.2, 0.25) is 0 Å². The van der Waals surface area contributed by atoms with Crippen molar-refractivity contribution in [2.24, 2.45) is 0 Å². The smallest absolute Gasteiger partial charge is 0.326 e. The molecule has 2 aromatic carbocycles. The quantitative estimate of drug-likeness (QED) is 0.796. The van der Waals surface area contributed by atoms with Crippen LogP contribution in [0.15, 0.2) is 48.5 Å². The molecule has 1 N–H and O–H groups in total. The van der Waals surface area contributed by atoms with Crippen molar-refractivity contribution in [3.05, 3.63) is 59.7 Å². The Hall–Kier alpha value is -2.83. The number of hydrogen-bond donors (Lipinski definition) is 1. The predicted molar refractivity (Wildman–Crippen MR) is 98.5 cm³/mol. The molecule has 0 atom stereocenters. The summed E-state index contributed by atoms with van der Waals surface area (Å²) in [6.45, 7) is 3.52. The zero-order chi connectivity index (χ0) is 20.0. The van der Waals surface area contributed by atoms with Crippen LogP contribution in [0.5, 0.6) is 0 Å². The normalized spacial score (nSPS) is 11.1. The molecule has 2 aromatic rings. The van der Waals surface area contributed by atoms with E-state index in [-0.39, 0.29) is 24.6 Å². The molecular formula is C20H21F3N2O2. The highest BCUT2D eigenvalue weighted by Gasteiger charge is 2.30. The molecule has 7 heteroatoms. The topological polar surface area (TPSA) is 49.4 Å². The first kappa shape index (κ1) is 20.5. The molecule has 0 aliphatic heterocycles. The lowest BCUT2D eigenvalue weighted by molar-refractivity contribution is -0.137. The van der Waals surface area contributed by atoms with Crippen LogP contribution in [0.25, 0.3) is 0 Å². The molecule has 0 aliphatic carbocycles. The Morgan fingerprint density at radius 3 is 2.41 bits per heavy atom. The van der Waals surface area contributed by atoms with Crippen molar-refractivity contribution < 1.29 is 22.8 Å². The highest BCUT2D eigenvalue weighted by Crippen LogP contribution is 2.30. The van der Waals surface area contributed by atoms with E-state index in [0.717, 1.165) is 29.8 Å². The molecular weight excluding hydrogens is 357 g/mol. The molecule has 0 bridgehead atoms. The highest BCUT2D eigenvalue weighted by atomic mass is 19.4. The number of rotatable bonds is 6. The molecule has 0 fully saturated rings. The van der Waals surface area contributed by atoms with Crippen LogP contribution in [0, 0.1) is 0 Å². The fourth-order valence-corrected chi connectivity index (χ4v) is 2.73. The average molecular weight is 378 g/mol. The van der Waals surface area contributed by atoms with Gasteiger partial charge in [0.05, 0.1) is 5.56 Å². The SMILES string of the molecule is CCc1ccccc1N(CCC(=O)Nc1cccc(C(F)(F)F)c1)C(C)=O. The van der Waals surface area contributed by atoms with E-state index >= 15 is 0 Å². The van der Waals surface area contributed by atoms with E-state index in [1.54, 1.807) is 0 Å². The van der Waals surface area contributed by atoms with Gasteiger partial charge in [-0.2, -0.15) is 13.2 Å². The van der Waals surface area contributed by atoms with Crippen molar-refractivity contribution >= 4 is 23.2 Å². The van der Waals surface area contributed by atoms with E-state index in [1.807, 2.05) is 31.2 Å². The number of carbonyl (C=O) groups is 2. The summed E-state index contributed by atoms with van der Waals surface area (Å²) in [7, 11) is 0. The van der Waals surface area contributed by atoms with Gasteiger partial charge in [-0.1, -0.05) is 31.2 Å². The van der Waals surface area contributed by atoms with E-state index in [4.69, 9.17) is 0 Å². The Bertz CT molecular complexity index is 819. The molecule has 144 valence electrons. The van der Waals surface area contributed by atoms with Gasteiger partial charge in [0.2, 0.25) is 11.8 Å². The Kier molecular flexibility index (Phi) is 6.60. The molecule has 0 spiro atoms. The summed E-state index contributed by atoms with van der Waals surface area (Å²) in [5.41, 5.74) is 0.950. The van der Waals surface area contributed by atoms with E-state index in [0.29, 0.717) is 0 Å². The maximum absolute atomic E-state index is 12.8. The fourth-order valence-electron chi connectivity index (χ4n) is 2.73. The first-order valence-corrected chi connectivity index (χ1v) is 8.55. The zero-order valence-electron chi connectivity index (χ0n) is 15.1. The number of anilines is 2. The lowest BCUT2D eigenvalue weighted by atomic mass is 10.1. The minimum absolute atomic E-state index is 0.0339. The molecule has 0 saturated heterocycles. The predicted octanol–water partition coefficient (Wildman–Crippen LogP) is 4.65. The van der Waals surface area contributed by atoms with Crippen molar-refractivity contribution in [2.45, 2.75) is 32.9 Å². The van der Waals surface area contributed by atoms with Gasteiger partial charge in [0, 0.05) is 31.3 Å². The summed E-state index contributed by atoms with van der Waals surface area (Å²) >= 11 is 0. The van der Waals surface area contributed by atoms with E-state index in [2.05, 4.69) is 5.32 Å². The van der Waals surface area contributed by atoms with Crippen molar-refractivity contribution in [2.75, 3.05) is 16.8 Å². The summed E-state index contributed by atoms with van der Waals surface area (Å²) in [5, 5.41) is 2.45. The van der Waals surface area contributed by atoms with Gasteiger partial charge in [-0.05, 0) is 36.2 Å². The molecule has 0 heterocycles. The molecule has 2 amide bonds. The first-order chi connectivity index (χ1) is 12.7. The molecule has 0 unspecified atom stereocenters. The summed E-state index contributed by atoms with van der Waals surface area (Å²) in [6.07, 6.45) is -3.78. The third kappa shape index (κ3) is 5.57. The standard InChI is InChI=1S/C20H21F3N2O2/c1-3-15-7-4-5-10-18(15)25(14(2)26)12-11-19(27)24-17-9-6-8-16(13-17)20(21,22)23/h4-10,13H,3,11-12H2,1-2H3,(H,24,27). The number of nitrogens with one attached hydrogen (secondary N) is 1. The van der Waals surface area contributed by atoms with Crippen LogP contribution in [0.3, 0.4) is 0 Å². The summed E-state index contributed by atoms with van der Waals surface area (Å²) in [5.74, 6) is -0.669. The molecule has 0 radical (unpaired) electrons. The monoisotopic (exact) mass is 378 g/mol. The van der Waals surface area contributed by atoms with Crippen LogP contribution in [0.1, 0.15) is 31.4 Å². The van der Waals surface area contributed by atoms with Crippen LogP contribution in [-0.4, -0.2) is 18.4 Å². The van der Waals surface area contributed by atoms with Crippen molar-refractivity contribution in [1.82, 2.24) is 0 Å². The Labute approximate surface area is 156 Å². The maximum Gasteiger partial charge on any atom is 0.416 e. The number of hydrogen-bond acceptors (Lipinski definition) is 2. The van der Waals surface area contributed by atoms with Crippen LogP contribution < -0.4 is 10.2 Å². The lowest BCUT2D eigenvalue weighted by Crippen LogP contribution is -2.32. The zero-order valence-corrected chi connectivity index (χ0v) is 15.1. The number of carbonyl (C=O) groups excluding carboxylic acids is 2. The van der Waals surface area contributed by atoms with Crippen LogP contribution >= 0.6 is 0 Å². The fraction of sp³-hybridized carbons (Fsp3) is 0.300. The second-order valence-corrected chi connectivity index (χ2v) is 6.03. The largest absolute Gasteiger partial charge is 0.416 e. The minimum Gasteiger partial charge on any atom is -0.326 e. The summed E-state index contributed by atoms with van der Waals surface area (Å²) in [4.78, 5) is 25.7. The van der Waals surface area contributed by atoms with Crippen LogP contribution in [-0.2, 0) is 22.2 Å². The first-order valence-electron chi connectivity index (χ1n) is 8.55.